The molecule has 0 spiro atoms. The average Bonchev–Trinajstić information content (AvgIpc) is 3.56. The molecular weight excluding hydrogens is 649 g/mol. The summed E-state index contributed by atoms with van der Waals surface area (Å²) in [5, 5.41) is 10.3. The first-order chi connectivity index (χ1) is 26.8. The van der Waals surface area contributed by atoms with E-state index < -0.39 is 0 Å². The van der Waals surface area contributed by atoms with Crippen molar-refractivity contribution in [2.45, 2.75) is 0 Å². The van der Waals surface area contributed by atoms with E-state index in [1.54, 1.807) is 0 Å². The number of hydrogen-bond acceptors (Lipinski definition) is 0. The molecule has 11 rings (SSSR count). The van der Waals surface area contributed by atoms with E-state index in [4.69, 9.17) is 0 Å². The van der Waals surface area contributed by atoms with Gasteiger partial charge in [0.05, 0.1) is 0 Å². The molecule has 0 heteroatoms. The van der Waals surface area contributed by atoms with Crippen molar-refractivity contribution in [3.63, 3.8) is 0 Å². The lowest BCUT2D eigenvalue weighted by atomic mass is 9.85. The quantitative estimate of drug-likeness (QED) is 0.125. The van der Waals surface area contributed by atoms with Crippen molar-refractivity contribution in [2.75, 3.05) is 0 Å². The fourth-order valence-corrected chi connectivity index (χ4v) is 8.81. The highest BCUT2D eigenvalue weighted by Gasteiger charge is 2.23. The van der Waals surface area contributed by atoms with E-state index in [9.17, 15) is 0 Å². The van der Waals surface area contributed by atoms with Crippen LogP contribution in [0.4, 0.5) is 0 Å². The van der Waals surface area contributed by atoms with Crippen molar-refractivity contribution in [1.82, 2.24) is 0 Å². The maximum atomic E-state index is 2.43. The molecule has 0 saturated carbocycles. The van der Waals surface area contributed by atoms with Gasteiger partial charge < -0.3 is 0 Å². The molecule has 0 nitrogen and oxygen atoms in total. The van der Waals surface area contributed by atoms with Gasteiger partial charge in [-0.25, -0.2) is 0 Å². The zero-order chi connectivity index (χ0) is 35.6. The maximum Gasteiger partial charge on any atom is -0.00261 e. The molecule has 0 bridgehead atoms. The summed E-state index contributed by atoms with van der Waals surface area (Å²) in [7, 11) is 0. The second kappa shape index (κ2) is 12.3. The summed E-state index contributed by atoms with van der Waals surface area (Å²) in [5.41, 5.74) is 15.2. The smallest absolute Gasteiger partial charge is 0.00261 e. The first-order valence-corrected chi connectivity index (χ1v) is 18.7. The second-order valence-corrected chi connectivity index (χ2v) is 14.5. The minimum atomic E-state index is 1.18. The summed E-state index contributed by atoms with van der Waals surface area (Å²) in [4.78, 5) is 0. The Kier molecular flexibility index (Phi) is 6.97. The van der Waals surface area contributed by atoms with Crippen LogP contribution in [0.25, 0.3) is 111 Å². The van der Waals surface area contributed by atoms with Crippen molar-refractivity contribution in [1.29, 1.82) is 0 Å². The third-order valence-corrected chi connectivity index (χ3v) is 11.4. The Bertz CT molecular complexity index is 3060. The average molecular weight is 683 g/mol. The van der Waals surface area contributed by atoms with Crippen LogP contribution in [0.1, 0.15) is 11.1 Å². The zero-order valence-corrected chi connectivity index (χ0v) is 29.6. The van der Waals surface area contributed by atoms with Gasteiger partial charge in [-0.05, 0) is 122 Å². The van der Waals surface area contributed by atoms with Gasteiger partial charge in [-0.1, -0.05) is 194 Å². The number of hydrogen-bond donors (Lipinski definition) is 0. The fourth-order valence-electron chi connectivity index (χ4n) is 8.81. The van der Waals surface area contributed by atoms with E-state index in [1.165, 1.54) is 110 Å². The Morgan fingerprint density at radius 3 is 1.37 bits per heavy atom. The Morgan fingerprint density at radius 2 is 0.741 bits per heavy atom. The van der Waals surface area contributed by atoms with E-state index in [0.717, 1.165) is 0 Å². The molecule has 0 aliphatic heterocycles. The largest absolute Gasteiger partial charge is 0.0616 e. The predicted molar refractivity (Wildman–Crippen MR) is 233 cm³/mol. The van der Waals surface area contributed by atoms with Gasteiger partial charge in [0, 0.05) is 0 Å². The predicted octanol–water partition coefficient (Wildman–Crippen LogP) is 15.1. The highest BCUT2D eigenvalue weighted by molar-refractivity contribution is 6.22. The van der Waals surface area contributed by atoms with Gasteiger partial charge >= 0.3 is 0 Å². The first kappa shape index (κ1) is 30.6. The van der Waals surface area contributed by atoms with Crippen LogP contribution in [0.5, 0.6) is 0 Å². The molecule has 0 atom stereocenters. The van der Waals surface area contributed by atoms with Crippen LogP contribution < -0.4 is 0 Å². The molecule has 0 amide bonds. The summed E-state index contributed by atoms with van der Waals surface area (Å²) in [5.74, 6) is 0. The third-order valence-electron chi connectivity index (χ3n) is 11.4. The molecule has 0 radical (unpaired) electrons. The lowest BCUT2D eigenvalue weighted by Gasteiger charge is -2.18. The molecule has 0 N–H and O–H groups in total. The van der Waals surface area contributed by atoms with Gasteiger partial charge in [-0.3, -0.25) is 0 Å². The van der Waals surface area contributed by atoms with Crippen LogP contribution in [0.3, 0.4) is 0 Å². The summed E-state index contributed by atoms with van der Waals surface area (Å²) in [6.07, 6.45) is 4.41. The van der Waals surface area contributed by atoms with Crippen LogP contribution in [0, 0.1) is 0 Å². The van der Waals surface area contributed by atoms with E-state index in [2.05, 4.69) is 206 Å². The van der Waals surface area contributed by atoms with E-state index in [0.29, 0.717) is 0 Å². The molecule has 1 aliphatic rings. The number of fused-ring (bicyclic) bond motifs is 6. The highest BCUT2D eigenvalue weighted by atomic mass is 14.3. The van der Waals surface area contributed by atoms with Crippen molar-refractivity contribution in [3.8, 4) is 55.6 Å². The second-order valence-electron chi connectivity index (χ2n) is 14.5. The van der Waals surface area contributed by atoms with Crippen LogP contribution >= 0.6 is 0 Å². The zero-order valence-electron chi connectivity index (χ0n) is 29.6. The van der Waals surface area contributed by atoms with Gasteiger partial charge in [0.1, 0.15) is 0 Å². The molecule has 54 heavy (non-hydrogen) atoms. The van der Waals surface area contributed by atoms with Gasteiger partial charge in [-0.15, -0.1) is 0 Å². The third kappa shape index (κ3) is 4.92. The number of rotatable bonds is 5. The Balaban J connectivity index is 0.948. The minimum absolute atomic E-state index is 1.18. The normalized spacial score (nSPS) is 12.0. The van der Waals surface area contributed by atoms with E-state index in [1.807, 2.05) is 0 Å². The van der Waals surface area contributed by atoms with Crippen molar-refractivity contribution in [2.24, 2.45) is 0 Å². The Hall–Kier alpha value is -7.02. The molecule has 10 aromatic rings. The van der Waals surface area contributed by atoms with Gasteiger partial charge in [0.15, 0.2) is 0 Å². The summed E-state index contributed by atoms with van der Waals surface area (Å²) in [6, 6.07) is 71.4. The Labute approximate surface area is 314 Å². The molecule has 0 heterocycles. The first-order valence-electron chi connectivity index (χ1n) is 18.7. The molecule has 0 fully saturated rings. The van der Waals surface area contributed by atoms with Gasteiger partial charge in [0.25, 0.3) is 0 Å². The molecule has 0 unspecified atom stereocenters. The lowest BCUT2D eigenvalue weighted by Crippen LogP contribution is -1.91. The van der Waals surface area contributed by atoms with Crippen LogP contribution in [-0.2, 0) is 0 Å². The molecule has 10 aromatic carbocycles. The molecule has 0 aromatic heterocycles. The minimum Gasteiger partial charge on any atom is -0.0616 e. The molecule has 250 valence electrons. The monoisotopic (exact) mass is 682 g/mol. The lowest BCUT2D eigenvalue weighted by molar-refractivity contribution is 1.61. The maximum absolute atomic E-state index is 2.43. The van der Waals surface area contributed by atoms with E-state index in [-0.39, 0.29) is 0 Å². The SMILES string of the molecule is C(=Cc1ccc(-c2c3ccccc3c(-c3ccc4c(c3)-c3cccc5cccc-4c35)c3ccccc23)cc1)c1ccc(-c2ccc3ccccc3c2)cc1. The molecule has 0 saturated heterocycles. The van der Waals surface area contributed by atoms with Gasteiger partial charge in [-0.2, -0.15) is 0 Å². The summed E-state index contributed by atoms with van der Waals surface area (Å²) in [6.45, 7) is 0. The fraction of sp³-hybridized carbons (Fsp3) is 0. The highest BCUT2D eigenvalue weighted by Crippen LogP contribution is 2.50. The number of benzene rings is 10. The van der Waals surface area contributed by atoms with Crippen molar-refractivity contribution in [3.05, 3.63) is 205 Å². The topological polar surface area (TPSA) is 0 Å². The summed E-state index contributed by atoms with van der Waals surface area (Å²) < 4.78 is 0. The van der Waals surface area contributed by atoms with Crippen LogP contribution in [-0.4, -0.2) is 0 Å². The van der Waals surface area contributed by atoms with Crippen LogP contribution in [0.2, 0.25) is 0 Å². The standard InChI is InChI=1S/C54H34/c1-2-10-41-33-42(30-29-37(41)9-1)38-25-21-35(22-26-38)19-20-36-23-27-40(28-24-36)53-46-13-3-5-15-48(46)54(49-16-6-4-14-47(49)53)43-31-32-44-45-17-7-11-39-12-8-18-50(52(39)45)51(44)34-43/h1-34H. The van der Waals surface area contributed by atoms with Crippen molar-refractivity contribution >= 4 is 55.2 Å². The molecular formula is C54H34. The summed E-state index contributed by atoms with van der Waals surface area (Å²) >= 11 is 0. The molecule has 1 aliphatic carbocycles. The van der Waals surface area contributed by atoms with Gasteiger partial charge in [0.2, 0.25) is 0 Å². The van der Waals surface area contributed by atoms with Crippen molar-refractivity contribution < 1.29 is 0 Å². The van der Waals surface area contributed by atoms with E-state index >= 15 is 0 Å². The van der Waals surface area contributed by atoms with Crippen LogP contribution in [0.15, 0.2) is 194 Å². The Morgan fingerprint density at radius 1 is 0.259 bits per heavy atom.